The minimum atomic E-state index is 0. The Hall–Kier alpha value is -1.59. The van der Waals surface area contributed by atoms with Crippen LogP contribution in [0.1, 0.15) is 49.5 Å². The molecule has 0 aliphatic rings. The van der Waals surface area contributed by atoms with Gasteiger partial charge in [0.2, 0.25) is 0 Å². The van der Waals surface area contributed by atoms with Crippen molar-refractivity contribution < 1.29 is 15.6 Å². The fourth-order valence-corrected chi connectivity index (χ4v) is 0. The SMILES string of the molecule is C.C.CC(C)=NO.CC(C)=NO.CC=NO. The lowest BCUT2D eigenvalue weighted by atomic mass is 10.5. The second kappa shape index (κ2) is 29.2. The van der Waals surface area contributed by atoms with E-state index in [1.807, 2.05) is 0 Å². The van der Waals surface area contributed by atoms with Gasteiger partial charge in [-0.15, -0.1) is 5.16 Å². The third-order valence-corrected chi connectivity index (χ3v) is 0.515. The van der Waals surface area contributed by atoms with E-state index in [1.54, 1.807) is 34.6 Å². The van der Waals surface area contributed by atoms with Gasteiger partial charge >= 0.3 is 0 Å². The fourth-order valence-electron chi connectivity index (χ4n) is 0. The van der Waals surface area contributed by atoms with Gasteiger partial charge in [0.05, 0.1) is 11.4 Å². The minimum absolute atomic E-state index is 0. The molecule has 0 aliphatic carbocycles. The second-order valence-electron chi connectivity index (χ2n) is 2.47. The van der Waals surface area contributed by atoms with Crippen LogP contribution >= 0.6 is 0 Å². The van der Waals surface area contributed by atoms with Gasteiger partial charge in [0.25, 0.3) is 0 Å². The standard InChI is InChI=1S/2C3H7NO.C2H5NO.2CH4/c2*1-3(2)4-5;1-2-3-4;;/h2*5H,1-2H3;2,4H,1H3;2*1H4. The van der Waals surface area contributed by atoms with Crippen molar-refractivity contribution in [3.63, 3.8) is 0 Å². The van der Waals surface area contributed by atoms with E-state index in [1.165, 1.54) is 6.21 Å². The zero-order valence-corrected chi connectivity index (χ0v) is 9.26. The van der Waals surface area contributed by atoms with E-state index in [0.29, 0.717) is 11.4 Å². The fraction of sp³-hybridized carbons (Fsp3) is 0.700. The Morgan fingerprint density at radius 3 is 0.938 bits per heavy atom. The van der Waals surface area contributed by atoms with E-state index in [-0.39, 0.29) is 14.9 Å². The number of nitrogens with zero attached hydrogens (tertiary/aromatic N) is 3. The van der Waals surface area contributed by atoms with Crippen molar-refractivity contribution in [3.05, 3.63) is 0 Å². The predicted molar refractivity (Wildman–Crippen MR) is 70.6 cm³/mol. The van der Waals surface area contributed by atoms with Crippen LogP contribution in [0.4, 0.5) is 0 Å². The van der Waals surface area contributed by atoms with Crippen LogP contribution in [-0.2, 0) is 0 Å². The number of hydrogen-bond acceptors (Lipinski definition) is 6. The van der Waals surface area contributed by atoms with Gasteiger partial charge in [-0.3, -0.25) is 0 Å². The summed E-state index contributed by atoms with van der Waals surface area (Å²) >= 11 is 0. The monoisotopic (exact) mass is 237 g/mol. The van der Waals surface area contributed by atoms with Gasteiger partial charge in [-0.05, 0) is 34.6 Å². The van der Waals surface area contributed by atoms with Crippen LogP contribution in [0.25, 0.3) is 0 Å². The molecule has 0 unspecified atom stereocenters. The average molecular weight is 237 g/mol. The zero-order chi connectivity index (χ0) is 12.0. The summed E-state index contributed by atoms with van der Waals surface area (Å²) < 4.78 is 0. The van der Waals surface area contributed by atoms with Gasteiger partial charge in [0, 0.05) is 6.21 Å². The lowest BCUT2D eigenvalue weighted by Gasteiger charge is -1.72. The predicted octanol–water partition coefficient (Wildman–Crippen LogP) is 3.45. The van der Waals surface area contributed by atoms with E-state index >= 15 is 0 Å². The minimum Gasteiger partial charge on any atom is -0.411 e. The molecule has 0 saturated heterocycles. The molecule has 3 N–H and O–H groups in total. The van der Waals surface area contributed by atoms with Crippen LogP contribution in [0.5, 0.6) is 0 Å². The lowest BCUT2D eigenvalue weighted by molar-refractivity contribution is 0.318. The summed E-state index contributed by atoms with van der Waals surface area (Å²) in [6.45, 7) is 8.53. The third kappa shape index (κ3) is 139. The maximum Gasteiger partial charge on any atom is 0.0509 e. The molecule has 0 bridgehead atoms. The molecule has 0 rings (SSSR count). The van der Waals surface area contributed by atoms with Gasteiger partial charge in [-0.2, -0.15) is 0 Å². The van der Waals surface area contributed by atoms with Gasteiger partial charge in [-0.25, -0.2) is 0 Å². The highest BCUT2D eigenvalue weighted by molar-refractivity contribution is 5.78. The molecule has 0 atom stereocenters. The summed E-state index contributed by atoms with van der Waals surface area (Å²) in [5.74, 6) is 0. The van der Waals surface area contributed by atoms with Crippen LogP contribution in [0, 0.1) is 0 Å². The van der Waals surface area contributed by atoms with Gasteiger partial charge in [0.15, 0.2) is 0 Å². The summed E-state index contributed by atoms with van der Waals surface area (Å²) in [7, 11) is 0. The van der Waals surface area contributed by atoms with Crippen LogP contribution in [-0.4, -0.2) is 33.3 Å². The Kier molecular flexibility index (Phi) is 53.4. The summed E-state index contributed by atoms with van der Waals surface area (Å²) in [4.78, 5) is 0. The molecule has 0 heterocycles. The van der Waals surface area contributed by atoms with Crippen LogP contribution in [0.15, 0.2) is 15.5 Å². The van der Waals surface area contributed by atoms with Crippen molar-refractivity contribution >= 4 is 17.6 Å². The van der Waals surface area contributed by atoms with E-state index in [4.69, 9.17) is 15.6 Å². The van der Waals surface area contributed by atoms with E-state index in [9.17, 15) is 0 Å². The summed E-state index contributed by atoms with van der Waals surface area (Å²) in [5, 5.41) is 31.1. The van der Waals surface area contributed by atoms with Gasteiger partial charge in [-0.1, -0.05) is 25.2 Å². The van der Waals surface area contributed by atoms with Crippen LogP contribution in [0.2, 0.25) is 0 Å². The van der Waals surface area contributed by atoms with Crippen LogP contribution in [0.3, 0.4) is 0 Å². The quantitative estimate of drug-likeness (QED) is 0.342. The summed E-state index contributed by atoms with van der Waals surface area (Å²) in [5.41, 5.74) is 1.37. The molecule has 16 heavy (non-hydrogen) atoms. The van der Waals surface area contributed by atoms with Crippen molar-refractivity contribution in [2.75, 3.05) is 0 Å². The van der Waals surface area contributed by atoms with Crippen molar-refractivity contribution in [3.8, 4) is 0 Å². The third-order valence-electron chi connectivity index (χ3n) is 0.515. The molecular formula is C10H27N3O3. The largest absolute Gasteiger partial charge is 0.411 e. The number of hydrogen-bond donors (Lipinski definition) is 3. The molecule has 0 saturated carbocycles. The number of rotatable bonds is 0. The topological polar surface area (TPSA) is 97.8 Å². The van der Waals surface area contributed by atoms with Gasteiger partial charge in [0.1, 0.15) is 0 Å². The molecule has 6 heteroatoms. The van der Waals surface area contributed by atoms with Crippen molar-refractivity contribution in [2.45, 2.75) is 49.5 Å². The molecule has 6 nitrogen and oxygen atoms in total. The van der Waals surface area contributed by atoms with Crippen molar-refractivity contribution in [1.82, 2.24) is 0 Å². The first kappa shape index (κ1) is 29.3. The molecule has 0 aromatic carbocycles. The molecule has 100 valence electrons. The molecule has 0 spiro atoms. The zero-order valence-electron chi connectivity index (χ0n) is 9.26. The molecule has 0 aliphatic heterocycles. The highest BCUT2D eigenvalue weighted by Gasteiger charge is 1.65. The molecule has 0 amide bonds. The first-order valence-electron chi connectivity index (χ1n) is 3.88. The molecule has 0 aromatic rings. The Morgan fingerprint density at radius 2 is 0.938 bits per heavy atom. The Balaban J connectivity index is -0.0000000358. The highest BCUT2D eigenvalue weighted by atomic mass is 16.4. The molecule has 0 radical (unpaired) electrons. The lowest BCUT2D eigenvalue weighted by Crippen LogP contribution is -1.74. The first-order chi connectivity index (χ1) is 6.45. The van der Waals surface area contributed by atoms with E-state index in [2.05, 4.69) is 15.5 Å². The smallest absolute Gasteiger partial charge is 0.0509 e. The van der Waals surface area contributed by atoms with Gasteiger partial charge < -0.3 is 15.6 Å². The maximum atomic E-state index is 7.73. The normalized spacial score (nSPS) is 6.56. The Morgan fingerprint density at radius 1 is 0.812 bits per heavy atom. The average Bonchev–Trinajstić information content (AvgIpc) is 2.19. The highest BCUT2D eigenvalue weighted by Crippen LogP contribution is 1.63. The van der Waals surface area contributed by atoms with E-state index < -0.39 is 0 Å². The molecule has 0 fully saturated rings. The van der Waals surface area contributed by atoms with Crippen LogP contribution < -0.4 is 0 Å². The molecule has 0 aromatic heterocycles. The first-order valence-corrected chi connectivity index (χ1v) is 3.88. The maximum absolute atomic E-state index is 7.73. The summed E-state index contributed by atoms with van der Waals surface area (Å²) in [6, 6.07) is 0. The second-order valence-corrected chi connectivity index (χ2v) is 2.47. The number of oxime groups is 3. The van der Waals surface area contributed by atoms with Crippen molar-refractivity contribution in [1.29, 1.82) is 0 Å². The summed E-state index contributed by atoms with van der Waals surface area (Å²) in [6.07, 6.45) is 1.31. The Bertz CT molecular complexity index is 162. The van der Waals surface area contributed by atoms with E-state index in [0.717, 1.165) is 0 Å². The Labute approximate surface area is 99.0 Å². The molecular weight excluding hydrogens is 210 g/mol. The van der Waals surface area contributed by atoms with Crippen molar-refractivity contribution in [2.24, 2.45) is 15.5 Å².